The van der Waals surface area contributed by atoms with Crippen molar-refractivity contribution >= 4 is 39.7 Å². The third kappa shape index (κ3) is 6.42. The Labute approximate surface area is 230 Å². The summed E-state index contributed by atoms with van der Waals surface area (Å²) in [6, 6.07) is 14.5. The molecular formula is C26H20F2N6O3S2. The second-order valence-electron chi connectivity index (χ2n) is 7.98. The highest BCUT2D eigenvalue weighted by Crippen LogP contribution is 2.37. The van der Waals surface area contributed by atoms with Crippen LogP contribution in [0.25, 0.3) is 11.1 Å². The Morgan fingerprint density at radius 2 is 1.85 bits per heavy atom. The van der Waals surface area contributed by atoms with Gasteiger partial charge in [-0.2, -0.15) is 10.5 Å². The Morgan fingerprint density at radius 1 is 1.10 bits per heavy atom. The monoisotopic (exact) mass is 566 g/mol. The van der Waals surface area contributed by atoms with E-state index in [2.05, 4.69) is 21.4 Å². The number of nitrogens with two attached hydrogens (primary N) is 1. The van der Waals surface area contributed by atoms with E-state index in [9.17, 15) is 24.4 Å². The number of aliphatic hydroxyl groups is 2. The molecule has 0 saturated heterocycles. The minimum atomic E-state index is -1.02. The van der Waals surface area contributed by atoms with E-state index in [1.165, 1.54) is 35.2 Å². The van der Waals surface area contributed by atoms with Gasteiger partial charge in [0.05, 0.1) is 23.6 Å². The van der Waals surface area contributed by atoms with Crippen molar-refractivity contribution in [2.24, 2.45) is 0 Å². The summed E-state index contributed by atoms with van der Waals surface area (Å²) < 4.78 is 32.9. The van der Waals surface area contributed by atoms with Crippen molar-refractivity contribution in [2.45, 2.75) is 16.9 Å². The van der Waals surface area contributed by atoms with E-state index in [0.717, 1.165) is 6.07 Å². The molecule has 2 aromatic carbocycles. The van der Waals surface area contributed by atoms with Gasteiger partial charge in [-0.3, -0.25) is 0 Å². The lowest BCUT2D eigenvalue weighted by Gasteiger charge is -2.14. The molecule has 0 unspecified atom stereocenters. The first kappa shape index (κ1) is 27.8. The molecule has 4 rings (SSSR count). The molecule has 2 heterocycles. The fourth-order valence-corrected chi connectivity index (χ4v) is 5.16. The van der Waals surface area contributed by atoms with Gasteiger partial charge in [-0.25, -0.2) is 18.7 Å². The highest BCUT2D eigenvalue weighted by molar-refractivity contribution is 7.98. The molecule has 9 nitrogen and oxygen atoms in total. The molecule has 0 amide bonds. The van der Waals surface area contributed by atoms with Crippen LogP contribution in [0.15, 0.2) is 52.9 Å². The molecular weight excluding hydrogens is 546 g/mol. The van der Waals surface area contributed by atoms with Gasteiger partial charge in [-0.05, 0) is 29.8 Å². The molecule has 0 aliphatic carbocycles. The predicted molar refractivity (Wildman–Crippen MR) is 143 cm³/mol. The summed E-state index contributed by atoms with van der Waals surface area (Å²) in [5.41, 5.74) is 7.71. The Morgan fingerprint density at radius 3 is 2.54 bits per heavy atom. The van der Waals surface area contributed by atoms with Crippen LogP contribution in [0.3, 0.4) is 0 Å². The molecule has 5 N–H and O–H groups in total. The number of thioether (sulfide) groups is 1. The summed E-state index contributed by atoms with van der Waals surface area (Å²) in [6.45, 7) is -0.535. The van der Waals surface area contributed by atoms with Crippen LogP contribution >= 0.6 is 23.1 Å². The summed E-state index contributed by atoms with van der Waals surface area (Å²) in [5, 5.41) is 43.3. The van der Waals surface area contributed by atoms with Crippen LogP contribution in [0.5, 0.6) is 5.75 Å². The fraction of sp³-hybridized carbons (Fsp3) is 0.154. The SMILES string of the molecule is N#Cc1c(N)nc(SCc2csc(Nc3cccc(F)c3F)n2)c(C#N)c1-c1ccc(OC[C@H](O)CO)cc1. The van der Waals surface area contributed by atoms with Crippen molar-refractivity contribution in [3.8, 4) is 29.0 Å². The molecule has 0 aliphatic heterocycles. The van der Waals surface area contributed by atoms with E-state index in [0.29, 0.717) is 32.7 Å². The molecule has 0 spiro atoms. The van der Waals surface area contributed by atoms with E-state index < -0.39 is 24.3 Å². The molecule has 0 bridgehead atoms. The number of nitrogens with zero attached hydrogens (tertiary/aromatic N) is 4. The number of nitriles is 2. The summed E-state index contributed by atoms with van der Waals surface area (Å²) in [6.07, 6.45) is -1.02. The lowest BCUT2D eigenvalue weighted by molar-refractivity contribution is 0.0536. The highest BCUT2D eigenvalue weighted by atomic mass is 32.2. The molecule has 0 radical (unpaired) electrons. The number of halogens is 2. The van der Waals surface area contributed by atoms with Crippen molar-refractivity contribution in [3.63, 3.8) is 0 Å². The smallest absolute Gasteiger partial charge is 0.187 e. The Hall–Kier alpha value is -4.27. The fourth-order valence-electron chi connectivity index (χ4n) is 3.44. The van der Waals surface area contributed by atoms with Gasteiger partial charge in [0.2, 0.25) is 0 Å². The number of pyridine rings is 1. The minimum absolute atomic E-state index is 0.0393. The lowest BCUT2D eigenvalue weighted by Crippen LogP contribution is -2.21. The second kappa shape index (κ2) is 12.5. The Bertz CT molecular complexity index is 1570. The van der Waals surface area contributed by atoms with Crippen LogP contribution in [0, 0.1) is 34.3 Å². The standard InChI is InChI=1S/C26H20F2N6O3S2/c27-20-2-1-3-21(23(20)28)33-26-32-15(13-39-26)12-38-25-19(9-30)22(18(8-29)24(31)34-25)14-4-6-17(7-5-14)37-11-16(36)10-35/h1-7,13,16,35-36H,10-12H2,(H2,31,34)(H,32,33)/t16-/m1/s1. The summed E-state index contributed by atoms with van der Waals surface area (Å²) >= 11 is 2.39. The minimum Gasteiger partial charge on any atom is -0.491 e. The molecule has 13 heteroatoms. The van der Waals surface area contributed by atoms with E-state index >= 15 is 0 Å². The predicted octanol–water partition coefficient (Wildman–Crippen LogP) is 4.58. The number of ether oxygens (including phenoxy) is 1. The van der Waals surface area contributed by atoms with E-state index in [1.807, 2.05) is 6.07 Å². The maximum atomic E-state index is 14.0. The number of thiazole rings is 1. The maximum Gasteiger partial charge on any atom is 0.187 e. The van der Waals surface area contributed by atoms with Crippen LogP contribution in [-0.2, 0) is 5.75 Å². The molecule has 0 aliphatic rings. The maximum absolute atomic E-state index is 14.0. The number of anilines is 3. The zero-order valence-electron chi connectivity index (χ0n) is 20.1. The highest BCUT2D eigenvalue weighted by Gasteiger charge is 2.21. The van der Waals surface area contributed by atoms with Crippen molar-refractivity contribution in [1.82, 2.24) is 9.97 Å². The molecule has 39 heavy (non-hydrogen) atoms. The molecule has 4 aromatic rings. The van der Waals surface area contributed by atoms with Crippen molar-refractivity contribution in [1.29, 1.82) is 10.5 Å². The number of nitrogens with one attached hydrogen (secondary N) is 1. The molecule has 198 valence electrons. The van der Waals surface area contributed by atoms with Gasteiger partial charge in [0.1, 0.15) is 47.0 Å². The zero-order chi connectivity index (χ0) is 27.9. The quantitative estimate of drug-likeness (QED) is 0.200. The first-order valence-corrected chi connectivity index (χ1v) is 13.1. The van der Waals surface area contributed by atoms with Gasteiger partial charge in [0.15, 0.2) is 16.8 Å². The van der Waals surface area contributed by atoms with Gasteiger partial charge in [-0.15, -0.1) is 11.3 Å². The van der Waals surface area contributed by atoms with E-state index in [-0.39, 0.29) is 35.0 Å². The number of benzene rings is 2. The van der Waals surface area contributed by atoms with Gasteiger partial charge in [0.25, 0.3) is 0 Å². The molecule has 2 aromatic heterocycles. The van der Waals surface area contributed by atoms with E-state index in [4.69, 9.17) is 15.6 Å². The number of rotatable bonds is 10. The number of nitrogen functional groups attached to an aromatic ring is 1. The van der Waals surface area contributed by atoms with Gasteiger partial charge >= 0.3 is 0 Å². The Kier molecular flexibility index (Phi) is 8.91. The molecule has 0 fully saturated rings. The third-order valence-electron chi connectivity index (χ3n) is 5.31. The van der Waals surface area contributed by atoms with Gasteiger partial charge in [0, 0.05) is 16.7 Å². The number of hydrogen-bond donors (Lipinski definition) is 4. The van der Waals surface area contributed by atoms with Crippen molar-refractivity contribution < 1.29 is 23.7 Å². The third-order valence-corrected chi connectivity index (χ3v) is 7.13. The number of hydrogen-bond acceptors (Lipinski definition) is 11. The average Bonchev–Trinajstić information content (AvgIpc) is 3.40. The summed E-state index contributed by atoms with van der Waals surface area (Å²) in [5.74, 6) is -1.31. The zero-order valence-corrected chi connectivity index (χ0v) is 21.7. The van der Waals surface area contributed by atoms with Crippen molar-refractivity contribution in [2.75, 3.05) is 24.3 Å². The van der Waals surface area contributed by atoms with Crippen LogP contribution in [0.1, 0.15) is 16.8 Å². The van der Waals surface area contributed by atoms with Crippen LogP contribution < -0.4 is 15.8 Å². The topological polar surface area (TPSA) is 161 Å². The van der Waals surface area contributed by atoms with Gasteiger partial charge < -0.3 is 26.0 Å². The largest absolute Gasteiger partial charge is 0.491 e. The van der Waals surface area contributed by atoms with Crippen molar-refractivity contribution in [3.05, 3.63) is 76.3 Å². The summed E-state index contributed by atoms with van der Waals surface area (Å²) in [4.78, 5) is 8.66. The van der Waals surface area contributed by atoms with Crippen LogP contribution in [0.4, 0.5) is 25.4 Å². The summed E-state index contributed by atoms with van der Waals surface area (Å²) in [7, 11) is 0. The lowest BCUT2D eigenvalue weighted by atomic mass is 9.97. The number of aromatic nitrogens is 2. The number of aliphatic hydroxyl groups excluding tert-OH is 2. The average molecular weight is 567 g/mol. The van der Waals surface area contributed by atoms with E-state index in [1.54, 1.807) is 29.6 Å². The van der Waals surface area contributed by atoms with Crippen LogP contribution in [-0.4, -0.2) is 39.5 Å². The molecule has 1 atom stereocenters. The van der Waals surface area contributed by atoms with Crippen LogP contribution in [0.2, 0.25) is 0 Å². The first-order chi connectivity index (χ1) is 18.8. The second-order valence-corrected chi connectivity index (χ2v) is 9.80. The first-order valence-electron chi connectivity index (χ1n) is 11.3. The van der Waals surface area contributed by atoms with Gasteiger partial charge in [-0.1, -0.05) is 30.0 Å². The molecule has 0 saturated carbocycles. The normalized spacial score (nSPS) is 11.4. The Balaban J connectivity index is 1.56.